The first-order chi connectivity index (χ1) is 10.2. The summed E-state index contributed by atoms with van der Waals surface area (Å²) in [6.45, 7) is 5.73. The summed E-state index contributed by atoms with van der Waals surface area (Å²) < 4.78 is 5.98. The van der Waals surface area contributed by atoms with E-state index in [9.17, 15) is 9.59 Å². The molecule has 0 saturated heterocycles. The van der Waals surface area contributed by atoms with E-state index >= 15 is 0 Å². The average molecular weight is 387 g/mol. The van der Waals surface area contributed by atoms with Gasteiger partial charge < -0.3 is 4.74 Å². The Hall–Kier alpha value is -1.33. The van der Waals surface area contributed by atoms with E-state index in [1.165, 1.54) is 11.1 Å². The summed E-state index contributed by atoms with van der Waals surface area (Å²) in [7, 11) is 0. The van der Waals surface area contributed by atoms with Crippen molar-refractivity contribution in [3.05, 3.63) is 39.5 Å². The second kappa shape index (κ2) is 6.42. The number of ketones is 1. The number of amides is 1. The molecule has 0 radical (unpaired) electrons. The minimum Gasteiger partial charge on any atom is -0.443 e. The smallest absolute Gasteiger partial charge is 0.414 e. The molecule has 4 nitrogen and oxygen atoms in total. The molecule has 1 aliphatic heterocycles. The third kappa shape index (κ3) is 3.90. The number of nitrogens with zero attached hydrogens (tertiary/aromatic N) is 1. The zero-order valence-electron chi connectivity index (χ0n) is 12.7. The van der Waals surface area contributed by atoms with Crippen LogP contribution >= 0.6 is 27.5 Å². The topological polar surface area (TPSA) is 46.6 Å². The molecule has 1 aromatic rings. The van der Waals surface area contributed by atoms with Gasteiger partial charge in [0.15, 0.2) is 5.78 Å². The van der Waals surface area contributed by atoms with Crippen LogP contribution < -0.4 is 0 Å². The van der Waals surface area contributed by atoms with Gasteiger partial charge >= 0.3 is 6.09 Å². The predicted molar refractivity (Wildman–Crippen MR) is 89.7 cm³/mol. The van der Waals surface area contributed by atoms with Crippen molar-refractivity contribution >= 4 is 45.0 Å². The van der Waals surface area contributed by atoms with Gasteiger partial charge in [-0.05, 0) is 42.8 Å². The summed E-state index contributed by atoms with van der Waals surface area (Å²) in [6, 6.07) is 5.29. The first-order valence-corrected chi connectivity index (χ1v) is 8.05. The molecular weight excluding hydrogens is 370 g/mol. The van der Waals surface area contributed by atoms with Crippen molar-refractivity contribution in [1.82, 2.24) is 4.90 Å². The largest absolute Gasteiger partial charge is 0.443 e. The monoisotopic (exact) mass is 385 g/mol. The number of carbonyl (C=O) groups is 2. The predicted octanol–water partition coefficient (Wildman–Crippen LogP) is 4.65. The number of ether oxygens (including phenoxy) is 1. The molecule has 0 atom stereocenters. The molecule has 0 aromatic heterocycles. The van der Waals surface area contributed by atoms with Crippen LogP contribution in [-0.2, 0) is 9.53 Å². The lowest BCUT2D eigenvalue weighted by molar-refractivity contribution is -0.114. The van der Waals surface area contributed by atoms with E-state index in [1.54, 1.807) is 39.0 Å². The van der Waals surface area contributed by atoms with Crippen LogP contribution in [0, 0.1) is 0 Å². The Balaban J connectivity index is 2.35. The first kappa shape index (κ1) is 17.0. The minimum absolute atomic E-state index is 0.0252. The van der Waals surface area contributed by atoms with Gasteiger partial charge in [-0.3, -0.25) is 9.69 Å². The molecule has 2 rings (SSSR count). The van der Waals surface area contributed by atoms with E-state index in [-0.39, 0.29) is 12.2 Å². The third-order valence-electron chi connectivity index (χ3n) is 3.03. The Bertz CT molecular complexity index is 649. The molecule has 0 aliphatic carbocycles. The van der Waals surface area contributed by atoms with E-state index in [2.05, 4.69) is 15.9 Å². The fourth-order valence-electron chi connectivity index (χ4n) is 2.05. The van der Waals surface area contributed by atoms with Crippen LogP contribution in [0.2, 0.25) is 5.02 Å². The maximum absolute atomic E-state index is 12.2. The summed E-state index contributed by atoms with van der Waals surface area (Å²) in [5.41, 5.74) is 0.542. The zero-order chi connectivity index (χ0) is 16.5. The molecule has 1 aromatic carbocycles. The molecule has 0 bridgehead atoms. The standard InChI is InChI=1S/C16H17BrClNO3/c1-16(2,3)22-15(21)19-8-7-13(20)11(9-19)10-5-4-6-12(18)14(10)17/h4-6,9H,7-8H2,1-3H3. The zero-order valence-corrected chi connectivity index (χ0v) is 15.0. The van der Waals surface area contributed by atoms with E-state index in [4.69, 9.17) is 16.3 Å². The molecule has 0 saturated carbocycles. The van der Waals surface area contributed by atoms with E-state index < -0.39 is 11.7 Å². The Kier molecular flexibility index (Phi) is 4.97. The molecule has 1 heterocycles. The molecule has 0 fully saturated rings. The molecule has 22 heavy (non-hydrogen) atoms. The molecule has 1 aliphatic rings. The number of allylic oxidation sites excluding steroid dienone is 1. The molecule has 0 N–H and O–H groups in total. The maximum atomic E-state index is 12.2. The second-order valence-electron chi connectivity index (χ2n) is 5.99. The van der Waals surface area contributed by atoms with E-state index in [1.807, 2.05) is 0 Å². The van der Waals surface area contributed by atoms with Crippen molar-refractivity contribution in [2.24, 2.45) is 0 Å². The summed E-state index contributed by atoms with van der Waals surface area (Å²) in [5.74, 6) is -0.0252. The van der Waals surface area contributed by atoms with Crippen molar-refractivity contribution in [1.29, 1.82) is 0 Å². The van der Waals surface area contributed by atoms with Crippen molar-refractivity contribution < 1.29 is 14.3 Å². The maximum Gasteiger partial charge on any atom is 0.414 e. The van der Waals surface area contributed by atoms with Crippen molar-refractivity contribution in [2.75, 3.05) is 6.54 Å². The number of rotatable bonds is 1. The molecule has 0 spiro atoms. The number of halogens is 2. The highest BCUT2D eigenvalue weighted by Crippen LogP contribution is 2.33. The Morgan fingerprint density at radius 3 is 2.68 bits per heavy atom. The Morgan fingerprint density at radius 2 is 2.05 bits per heavy atom. The van der Waals surface area contributed by atoms with Gasteiger partial charge in [0.25, 0.3) is 0 Å². The lowest BCUT2D eigenvalue weighted by atomic mass is 9.98. The fraction of sp³-hybridized carbons (Fsp3) is 0.375. The number of hydrogen-bond donors (Lipinski definition) is 0. The highest BCUT2D eigenvalue weighted by molar-refractivity contribution is 9.10. The molecule has 0 unspecified atom stereocenters. The number of hydrogen-bond acceptors (Lipinski definition) is 3. The fourth-order valence-corrected chi connectivity index (χ4v) is 2.70. The average Bonchev–Trinajstić information content (AvgIpc) is 2.41. The van der Waals surface area contributed by atoms with Gasteiger partial charge in [-0.1, -0.05) is 23.7 Å². The van der Waals surface area contributed by atoms with Crippen molar-refractivity contribution in [3.63, 3.8) is 0 Å². The Morgan fingerprint density at radius 1 is 1.36 bits per heavy atom. The summed E-state index contributed by atoms with van der Waals surface area (Å²) >= 11 is 9.47. The quantitative estimate of drug-likeness (QED) is 0.705. The van der Waals surface area contributed by atoms with Gasteiger partial charge in [0.1, 0.15) is 5.60 Å². The van der Waals surface area contributed by atoms with Gasteiger partial charge in [-0.15, -0.1) is 0 Å². The number of carbonyl (C=O) groups excluding carboxylic acids is 2. The first-order valence-electron chi connectivity index (χ1n) is 6.88. The second-order valence-corrected chi connectivity index (χ2v) is 7.19. The molecule has 6 heteroatoms. The summed E-state index contributed by atoms with van der Waals surface area (Å²) in [6.07, 6.45) is 1.33. The van der Waals surface area contributed by atoms with Crippen molar-refractivity contribution in [2.45, 2.75) is 32.8 Å². The lowest BCUT2D eigenvalue weighted by Gasteiger charge is -2.28. The van der Waals surface area contributed by atoms with Gasteiger partial charge in [0.05, 0.1) is 5.02 Å². The van der Waals surface area contributed by atoms with Crippen LogP contribution in [0.1, 0.15) is 32.8 Å². The van der Waals surface area contributed by atoms with E-state index in [0.29, 0.717) is 27.2 Å². The third-order valence-corrected chi connectivity index (χ3v) is 4.43. The highest BCUT2D eigenvalue weighted by atomic mass is 79.9. The van der Waals surface area contributed by atoms with Crippen LogP contribution in [0.4, 0.5) is 4.79 Å². The van der Waals surface area contributed by atoms with Crippen LogP contribution in [-0.4, -0.2) is 28.9 Å². The SMILES string of the molecule is CC(C)(C)OC(=O)N1C=C(c2cccc(Cl)c2Br)C(=O)CC1. The highest BCUT2D eigenvalue weighted by Gasteiger charge is 2.28. The number of Topliss-reactive ketones (excluding diaryl/α,β-unsaturated/α-hetero) is 1. The molecule has 1 amide bonds. The van der Waals surface area contributed by atoms with Crippen LogP contribution in [0.15, 0.2) is 28.9 Å². The van der Waals surface area contributed by atoms with Crippen LogP contribution in [0.25, 0.3) is 5.57 Å². The Labute approximate surface area is 143 Å². The molecule has 118 valence electrons. The van der Waals surface area contributed by atoms with Gasteiger partial charge in [-0.25, -0.2) is 4.79 Å². The van der Waals surface area contributed by atoms with Gasteiger partial charge in [0.2, 0.25) is 0 Å². The van der Waals surface area contributed by atoms with E-state index in [0.717, 1.165) is 0 Å². The van der Waals surface area contributed by atoms with Crippen molar-refractivity contribution in [3.8, 4) is 0 Å². The van der Waals surface area contributed by atoms with Crippen LogP contribution in [0.5, 0.6) is 0 Å². The van der Waals surface area contributed by atoms with Gasteiger partial charge in [0, 0.05) is 34.8 Å². The van der Waals surface area contributed by atoms with Crippen LogP contribution in [0.3, 0.4) is 0 Å². The minimum atomic E-state index is -0.580. The summed E-state index contributed by atoms with van der Waals surface area (Å²) in [4.78, 5) is 25.8. The number of benzene rings is 1. The molecular formula is C16H17BrClNO3. The van der Waals surface area contributed by atoms with Gasteiger partial charge in [-0.2, -0.15) is 0 Å². The lowest BCUT2D eigenvalue weighted by Crippen LogP contribution is -2.37. The normalized spacial score (nSPS) is 15.6. The summed E-state index contributed by atoms with van der Waals surface area (Å²) in [5, 5.41) is 0.514.